The van der Waals surface area contributed by atoms with Crippen LogP contribution in [0, 0.1) is 5.92 Å². The van der Waals surface area contributed by atoms with Gasteiger partial charge >= 0.3 is 5.97 Å². The van der Waals surface area contributed by atoms with Gasteiger partial charge in [0.15, 0.2) is 0 Å². The van der Waals surface area contributed by atoms with Crippen molar-refractivity contribution in [1.82, 2.24) is 5.06 Å². The molecule has 0 aromatic carbocycles. The Hall–Kier alpha value is -1.39. The zero-order valence-corrected chi connectivity index (χ0v) is 13.2. The van der Waals surface area contributed by atoms with Crippen LogP contribution in [0.3, 0.4) is 0 Å². The minimum atomic E-state index is -0.425. The molecule has 1 aliphatic rings. The molecule has 0 spiro atoms. The van der Waals surface area contributed by atoms with Crippen LogP contribution in [0.15, 0.2) is 0 Å². The van der Waals surface area contributed by atoms with E-state index in [1.165, 1.54) is 0 Å². The van der Waals surface area contributed by atoms with E-state index >= 15 is 0 Å². The minimum Gasteiger partial charge on any atom is -0.330 e. The molecular weight excluding hydrogens is 270 g/mol. The molecule has 0 N–H and O–H groups in total. The number of hydrogen-bond acceptors (Lipinski definition) is 4. The standard InChI is InChI=1S/C16H27NO4/c1-3-5-7-9-13(10-8-6-4-2)16(20)21-17-14(18)11-12-15(17)19/h13H,3-12H2,1-2H3. The summed E-state index contributed by atoms with van der Waals surface area (Å²) in [6.07, 6.45) is 8.14. The van der Waals surface area contributed by atoms with Crippen molar-refractivity contribution >= 4 is 17.8 Å². The fourth-order valence-electron chi connectivity index (χ4n) is 2.48. The molecule has 0 atom stereocenters. The highest BCUT2D eigenvalue weighted by molar-refractivity contribution is 6.01. The molecule has 0 saturated carbocycles. The Morgan fingerprint density at radius 2 is 1.48 bits per heavy atom. The number of imide groups is 1. The summed E-state index contributed by atoms with van der Waals surface area (Å²) in [4.78, 5) is 40.2. The summed E-state index contributed by atoms with van der Waals surface area (Å²) in [5.41, 5.74) is 0. The zero-order chi connectivity index (χ0) is 15.7. The van der Waals surface area contributed by atoms with Gasteiger partial charge in [0.2, 0.25) is 0 Å². The molecule has 21 heavy (non-hydrogen) atoms. The molecule has 0 unspecified atom stereocenters. The van der Waals surface area contributed by atoms with Crippen molar-refractivity contribution in [2.45, 2.75) is 78.1 Å². The number of rotatable bonds is 10. The molecular formula is C16H27NO4. The Morgan fingerprint density at radius 3 is 1.90 bits per heavy atom. The maximum Gasteiger partial charge on any atom is 0.336 e. The summed E-state index contributed by atoms with van der Waals surface area (Å²) in [7, 11) is 0. The van der Waals surface area contributed by atoms with Crippen molar-refractivity contribution in [3.05, 3.63) is 0 Å². The van der Waals surface area contributed by atoms with Crippen molar-refractivity contribution in [1.29, 1.82) is 0 Å². The maximum absolute atomic E-state index is 12.2. The maximum atomic E-state index is 12.2. The Balaban J connectivity index is 2.51. The van der Waals surface area contributed by atoms with E-state index in [0.29, 0.717) is 5.06 Å². The van der Waals surface area contributed by atoms with E-state index in [1.807, 2.05) is 0 Å². The molecule has 1 saturated heterocycles. The zero-order valence-electron chi connectivity index (χ0n) is 13.2. The van der Waals surface area contributed by atoms with Crippen LogP contribution in [0.25, 0.3) is 0 Å². The first kappa shape index (κ1) is 17.7. The molecule has 1 rings (SSSR count). The quantitative estimate of drug-likeness (QED) is 0.458. The number of unbranched alkanes of at least 4 members (excludes halogenated alkanes) is 4. The second kappa shape index (κ2) is 9.53. The first-order valence-corrected chi connectivity index (χ1v) is 8.17. The fraction of sp³-hybridized carbons (Fsp3) is 0.812. The molecule has 1 heterocycles. The highest BCUT2D eigenvalue weighted by Gasteiger charge is 2.34. The average Bonchev–Trinajstić information content (AvgIpc) is 2.77. The third-order valence-corrected chi connectivity index (χ3v) is 3.83. The Labute approximate surface area is 127 Å². The first-order valence-electron chi connectivity index (χ1n) is 8.17. The number of nitrogens with zero attached hydrogens (tertiary/aromatic N) is 1. The lowest BCUT2D eigenvalue weighted by Crippen LogP contribution is -2.34. The smallest absolute Gasteiger partial charge is 0.330 e. The molecule has 2 amide bonds. The number of carbonyl (C=O) groups is 3. The number of carbonyl (C=O) groups excluding carboxylic acids is 3. The number of amides is 2. The van der Waals surface area contributed by atoms with Gasteiger partial charge in [-0.25, -0.2) is 4.79 Å². The van der Waals surface area contributed by atoms with Crippen LogP contribution in [0.4, 0.5) is 0 Å². The molecule has 5 heteroatoms. The second-order valence-electron chi connectivity index (χ2n) is 5.68. The van der Waals surface area contributed by atoms with Crippen molar-refractivity contribution in [2.75, 3.05) is 0 Å². The van der Waals surface area contributed by atoms with Gasteiger partial charge in [-0.2, -0.15) is 0 Å². The highest BCUT2D eigenvalue weighted by Crippen LogP contribution is 2.21. The lowest BCUT2D eigenvalue weighted by Gasteiger charge is -2.19. The summed E-state index contributed by atoms with van der Waals surface area (Å²) in [6, 6.07) is 0. The lowest BCUT2D eigenvalue weighted by molar-refractivity contribution is -0.201. The normalized spacial score (nSPS) is 15.1. The van der Waals surface area contributed by atoms with Gasteiger partial charge < -0.3 is 4.84 Å². The third kappa shape index (κ3) is 5.86. The lowest BCUT2D eigenvalue weighted by atomic mass is 9.95. The highest BCUT2D eigenvalue weighted by atomic mass is 16.7. The fourth-order valence-corrected chi connectivity index (χ4v) is 2.48. The average molecular weight is 297 g/mol. The summed E-state index contributed by atoms with van der Waals surface area (Å²) >= 11 is 0. The van der Waals surface area contributed by atoms with Gasteiger partial charge in [-0.1, -0.05) is 52.4 Å². The molecule has 0 radical (unpaired) electrons. The van der Waals surface area contributed by atoms with E-state index in [0.717, 1.165) is 51.4 Å². The molecule has 1 aliphatic heterocycles. The Kier molecular flexibility index (Phi) is 8.01. The predicted octanol–water partition coefficient (Wildman–Crippen LogP) is 3.37. The molecule has 0 aliphatic carbocycles. The van der Waals surface area contributed by atoms with E-state index in [4.69, 9.17) is 4.84 Å². The topological polar surface area (TPSA) is 63.7 Å². The van der Waals surface area contributed by atoms with Crippen molar-refractivity contribution in [3.63, 3.8) is 0 Å². The molecule has 0 bridgehead atoms. The minimum absolute atomic E-state index is 0.141. The SMILES string of the molecule is CCCCCC(CCCCC)C(=O)ON1C(=O)CCC1=O. The van der Waals surface area contributed by atoms with Gasteiger partial charge in [-0.3, -0.25) is 9.59 Å². The molecule has 0 aromatic rings. The summed E-state index contributed by atoms with van der Waals surface area (Å²) in [6.45, 7) is 4.23. The van der Waals surface area contributed by atoms with Crippen LogP contribution in [0.2, 0.25) is 0 Å². The molecule has 1 fully saturated rings. The summed E-state index contributed by atoms with van der Waals surface area (Å²) in [5, 5.41) is 0.662. The van der Waals surface area contributed by atoms with Gasteiger partial charge in [0.25, 0.3) is 11.8 Å². The van der Waals surface area contributed by atoms with Crippen LogP contribution >= 0.6 is 0 Å². The van der Waals surface area contributed by atoms with E-state index in [-0.39, 0.29) is 18.8 Å². The van der Waals surface area contributed by atoms with Gasteiger partial charge in [0, 0.05) is 12.8 Å². The van der Waals surface area contributed by atoms with E-state index in [9.17, 15) is 14.4 Å². The summed E-state index contributed by atoms with van der Waals surface area (Å²) < 4.78 is 0. The third-order valence-electron chi connectivity index (χ3n) is 3.83. The van der Waals surface area contributed by atoms with Gasteiger partial charge in [0.05, 0.1) is 5.92 Å². The Morgan fingerprint density at radius 1 is 1.00 bits per heavy atom. The van der Waals surface area contributed by atoms with Crippen LogP contribution in [-0.4, -0.2) is 22.8 Å². The molecule has 0 aromatic heterocycles. The van der Waals surface area contributed by atoms with E-state index < -0.39 is 17.8 Å². The number of hydroxylamine groups is 2. The van der Waals surface area contributed by atoms with E-state index in [2.05, 4.69) is 13.8 Å². The van der Waals surface area contributed by atoms with Gasteiger partial charge in [0.1, 0.15) is 0 Å². The molecule has 5 nitrogen and oxygen atoms in total. The van der Waals surface area contributed by atoms with E-state index in [1.54, 1.807) is 0 Å². The summed E-state index contributed by atoms with van der Waals surface area (Å²) in [5.74, 6) is -1.45. The predicted molar refractivity (Wildman–Crippen MR) is 79.0 cm³/mol. The van der Waals surface area contributed by atoms with Crippen molar-refractivity contribution in [3.8, 4) is 0 Å². The monoisotopic (exact) mass is 297 g/mol. The van der Waals surface area contributed by atoms with Crippen LogP contribution in [-0.2, 0) is 19.2 Å². The first-order chi connectivity index (χ1) is 10.1. The number of hydrogen-bond donors (Lipinski definition) is 0. The van der Waals surface area contributed by atoms with Gasteiger partial charge in [-0.05, 0) is 12.8 Å². The van der Waals surface area contributed by atoms with Crippen LogP contribution in [0.1, 0.15) is 78.1 Å². The largest absolute Gasteiger partial charge is 0.336 e. The van der Waals surface area contributed by atoms with Crippen molar-refractivity contribution in [2.24, 2.45) is 5.92 Å². The van der Waals surface area contributed by atoms with Crippen molar-refractivity contribution < 1.29 is 19.2 Å². The van der Waals surface area contributed by atoms with Crippen LogP contribution in [0.5, 0.6) is 0 Å². The molecule has 120 valence electrons. The second-order valence-corrected chi connectivity index (χ2v) is 5.68. The van der Waals surface area contributed by atoms with Crippen LogP contribution < -0.4 is 0 Å². The van der Waals surface area contributed by atoms with Gasteiger partial charge in [-0.15, -0.1) is 5.06 Å². The Bertz CT molecular complexity index is 341.